The van der Waals surface area contributed by atoms with E-state index >= 15 is 0 Å². The lowest BCUT2D eigenvalue weighted by atomic mass is 10.1. The standard InChI is InChI=1S/C13H23N3OS.2ClH/c1-8(2)6-11-16-10(4)12(18-11)13(17)15-7-9(3)14-5;;/h8-9,14H,6-7H2,1-5H3,(H,15,17);2*1H. The molecule has 0 aliphatic rings. The lowest BCUT2D eigenvalue weighted by molar-refractivity contribution is 0.0954. The number of amides is 1. The highest BCUT2D eigenvalue weighted by Gasteiger charge is 2.15. The van der Waals surface area contributed by atoms with E-state index in [1.165, 1.54) is 11.3 Å². The third-order valence-corrected chi connectivity index (χ3v) is 3.87. The fourth-order valence-corrected chi connectivity index (χ4v) is 2.72. The number of carbonyl (C=O) groups is 1. The number of aryl methyl sites for hydroxylation is 1. The first kappa shape index (κ1) is 21.9. The maximum atomic E-state index is 12.0. The van der Waals surface area contributed by atoms with Crippen LogP contribution in [0, 0.1) is 12.8 Å². The van der Waals surface area contributed by atoms with Crippen LogP contribution in [0.25, 0.3) is 0 Å². The minimum absolute atomic E-state index is 0. The zero-order valence-electron chi connectivity index (χ0n) is 12.6. The van der Waals surface area contributed by atoms with Crippen LogP contribution in [0.5, 0.6) is 0 Å². The van der Waals surface area contributed by atoms with Gasteiger partial charge >= 0.3 is 0 Å². The Bertz CT molecular complexity index is 410. The van der Waals surface area contributed by atoms with Gasteiger partial charge in [-0.2, -0.15) is 0 Å². The molecule has 0 saturated carbocycles. The normalized spacial score (nSPS) is 11.5. The predicted molar refractivity (Wildman–Crippen MR) is 90.7 cm³/mol. The molecule has 0 bridgehead atoms. The second-order valence-corrected chi connectivity index (χ2v) is 6.10. The fraction of sp³-hybridized carbons (Fsp3) is 0.692. The van der Waals surface area contributed by atoms with E-state index in [0.29, 0.717) is 12.5 Å². The topological polar surface area (TPSA) is 54.0 Å². The van der Waals surface area contributed by atoms with Crippen molar-refractivity contribution in [2.75, 3.05) is 13.6 Å². The van der Waals surface area contributed by atoms with E-state index in [2.05, 4.69) is 29.5 Å². The molecular formula is C13H25Cl2N3OS. The highest BCUT2D eigenvalue weighted by molar-refractivity contribution is 7.13. The van der Waals surface area contributed by atoms with Crippen molar-refractivity contribution in [2.24, 2.45) is 5.92 Å². The Morgan fingerprint density at radius 3 is 2.40 bits per heavy atom. The van der Waals surface area contributed by atoms with Gasteiger partial charge in [0, 0.05) is 19.0 Å². The number of hydrogen-bond donors (Lipinski definition) is 2. The molecule has 4 nitrogen and oxygen atoms in total. The van der Waals surface area contributed by atoms with Crippen molar-refractivity contribution < 1.29 is 4.79 Å². The zero-order chi connectivity index (χ0) is 13.7. The van der Waals surface area contributed by atoms with Crippen LogP contribution in [-0.2, 0) is 6.42 Å². The summed E-state index contributed by atoms with van der Waals surface area (Å²) >= 11 is 1.51. The third kappa shape index (κ3) is 6.88. The van der Waals surface area contributed by atoms with Crippen LogP contribution < -0.4 is 10.6 Å². The number of hydrogen-bond acceptors (Lipinski definition) is 4. The van der Waals surface area contributed by atoms with Crippen molar-refractivity contribution >= 4 is 42.1 Å². The molecule has 1 aromatic rings. The summed E-state index contributed by atoms with van der Waals surface area (Å²) in [5.74, 6) is 0.554. The molecule has 0 aliphatic heterocycles. The van der Waals surface area contributed by atoms with Crippen molar-refractivity contribution in [3.63, 3.8) is 0 Å². The number of aromatic nitrogens is 1. The monoisotopic (exact) mass is 341 g/mol. The van der Waals surface area contributed by atoms with Crippen LogP contribution >= 0.6 is 36.2 Å². The molecule has 0 radical (unpaired) electrons. The lowest BCUT2D eigenvalue weighted by Crippen LogP contribution is -2.37. The summed E-state index contributed by atoms with van der Waals surface area (Å²) in [4.78, 5) is 17.2. The van der Waals surface area contributed by atoms with E-state index < -0.39 is 0 Å². The molecule has 20 heavy (non-hydrogen) atoms. The minimum atomic E-state index is -0.0119. The van der Waals surface area contributed by atoms with Gasteiger partial charge in [-0.1, -0.05) is 13.8 Å². The predicted octanol–water partition coefficient (Wildman–Crippen LogP) is 2.83. The summed E-state index contributed by atoms with van der Waals surface area (Å²) < 4.78 is 0. The van der Waals surface area contributed by atoms with Gasteiger partial charge in [0.2, 0.25) is 0 Å². The number of halogens is 2. The number of rotatable bonds is 6. The quantitative estimate of drug-likeness (QED) is 0.836. The van der Waals surface area contributed by atoms with Crippen molar-refractivity contribution in [1.82, 2.24) is 15.6 Å². The molecule has 0 saturated heterocycles. The number of nitrogens with zero attached hydrogens (tertiary/aromatic N) is 1. The van der Waals surface area contributed by atoms with Crippen molar-refractivity contribution in [3.8, 4) is 0 Å². The van der Waals surface area contributed by atoms with E-state index in [4.69, 9.17) is 0 Å². The van der Waals surface area contributed by atoms with Gasteiger partial charge in [0.25, 0.3) is 5.91 Å². The Morgan fingerprint density at radius 1 is 1.30 bits per heavy atom. The van der Waals surface area contributed by atoms with Gasteiger partial charge in [-0.05, 0) is 26.8 Å². The largest absolute Gasteiger partial charge is 0.350 e. The number of thiazole rings is 1. The molecule has 118 valence electrons. The highest BCUT2D eigenvalue weighted by atomic mass is 35.5. The summed E-state index contributed by atoms with van der Waals surface area (Å²) in [6.45, 7) is 8.88. The molecular weight excluding hydrogens is 317 g/mol. The number of nitrogens with one attached hydrogen (secondary N) is 2. The Balaban J connectivity index is 0. The van der Waals surface area contributed by atoms with Crippen LogP contribution in [0.1, 0.15) is 41.1 Å². The number of carbonyl (C=O) groups excluding carboxylic acids is 1. The molecule has 0 fully saturated rings. The Hall–Kier alpha value is -0.360. The van der Waals surface area contributed by atoms with Crippen LogP contribution in [0.15, 0.2) is 0 Å². The van der Waals surface area contributed by atoms with E-state index in [1.807, 2.05) is 20.9 Å². The van der Waals surface area contributed by atoms with Crippen LogP contribution in [0.3, 0.4) is 0 Å². The average Bonchev–Trinajstić information content (AvgIpc) is 2.65. The van der Waals surface area contributed by atoms with Crippen LogP contribution in [-0.4, -0.2) is 30.5 Å². The van der Waals surface area contributed by atoms with Gasteiger partial charge in [-0.25, -0.2) is 4.98 Å². The van der Waals surface area contributed by atoms with Crippen molar-refractivity contribution in [1.29, 1.82) is 0 Å². The van der Waals surface area contributed by atoms with Gasteiger partial charge < -0.3 is 10.6 Å². The van der Waals surface area contributed by atoms with Crippen LogP contribution in [0.2, 0.25) is 0 Å². The maximum absolute atomic E-state index is 12.0. The first-order valence-electron chi connectivity index (χ1n) is 6.35. The molecule has 1 atom stereocenters. The van der Waals surface area contributed by atoms with Gasteiger partial charge in [0.1, 0.15) is 4.88 Å². The van der Waals surface area contributed by atoms with Crippen molar-refractivity contribution in [2.45, 2.75) is 40.2 Å². The first-order valence-corrected chi connectivity index (χ1v) is 7.17. The van der Waals surface area contributed by atoms with E-state index in [9.17, 15) is 4.79 Å². The van der Waals surface area contributed by atoms with E-state index in [0.717, 1.165) is 22.0 Å². The Labute approximate surface area is 138 Å². The molecule has 7 heteroatoms. The van der Waals surface area contributed by atoms with Gasteiger partial charge in [0.05, 0.1) is 10.7 Å². The molecule has 0 spiro atoms. The SMILES string of the molecule is CNC(C)CNC(=O)c1sc(CC(C)C)nc1C.Cl.Cl. The molecule has 1 amide bonds. The maximum Gasteiger partial charge on any atom is 0.263 e. The summed E-state index contributed by atoms with van der Waals surface area (Å²) in [6.07, 6.45) is 0.936. The first-order chi connectivity index (χ1) is 8.43. The zero-order valence-corrected chi connectivity index (χ0v) is 15.1. The van der Waals surface area contributed by atoms with Crippen LogP contribution in [0.4, 0.5) is 0 Å². The average molecular weight is 342 g/mol. The molecule has 1 heterocycles. The minimum Gasteiger partial charge on any atom is -0.350 e. The summed E-state index contributed by atoms with van der Waals surface area (Å²) in [5, 5.41) is 7.07. The van der Waals surface area contributed by atoms with E-state index in [1.54, 1.807) is 0 Å². The molecule has 1 rings (SSSR count). The second-order valence-electron chi connectivity index (χ2n) is 5.02. The van der Waals surface area contributed by atoms with Gasteiger partial charge in [-0.15, -0.1) is 36.2 Å². The number of likely N-dealkylation sites (N-methyl/N-ethyl adjacent to an activating group) is 1. The third-order valence-electron chi connectivity index (χ3n) is 2.69. The molecule has 2 N–H and O–H groups in total. The van der Waals surface area contributed by atoms with Crippen molar-refractivity contribution in [3.05, 3.63) is 15.6 Å². The lowest BCUT2D eigenvalue weighted by Gasteiger charge is -2.10. The summed E-state index contributed by atoms with van der Waals surface area (Å²) in [7, 11) is 1.88. The Morgan fingerprint density at radius 2 is 1.90 bits per heavy atom. The fourth-order valence-electron chi connectivity index (χ4n) is 1.53. The molecule has 1 unspecified atom stereocenters. The highest BCUT2D eigenvalue weighted by Crippen LogP contribution is 2.20. The van der Waals surface area contributed by atoms with Gasteiger partial charge in [0.15, 0.2) is 0 Å². The smallest absolute Gasteiger partial charge is 0.263 e. The Kier molecular flexibility index (Phi) is 11.4. The van der Waals surface area contributed by atoms with E-state index in [-0.39, 0.29) is 36.8 Å². The second kappa shape index (κ2) is 10.4. The summed E-state index contributed by atoms with van der Waals surface area (Å²) in [6, 6.07) is 0.275. The van der Waals surface area contributed by atoms with Gasteiger partial charge in [-0.3, -0.25) is 4.79 Å². The molecule has 1 aromatic heterocycles. The molecule has 0 aliphatic carbocycles. The summed E-state index contributed by atoms with van der Waals surface area (Å²) in [5.41, 5.74) is 0.838. The molecule has 0 aromatic carbocycles.